The van der Waals surface area contributed by atoms with Gasteiger partial charge in [-0.1, -0.05) is 54.1 Å². The van der Waals surface area contributed by atoms with Gasteiger partial charge in [-0.25, -0.2) is 4.79 Å². The predicted octanol–water partition coefficient (Wildman–Crippen LogP) is 6.19. The molecule has 0 N–H and O–H groups in total. The van der Waals surface area contributed by atoms with Gasteiger partial charge in [0.05, 0.1) is 24.3 Å². The second kappa shape index (κ2) is 8.91. The summed E-state index contributed by atoms with van der Waals surface area (Å²) in [4.78, 5) is 11.9. The van der Waals surface area contributed by atoms with Gasteiger partial charge in [0.2, 0.25) is 0 Å². The Bertz CT molecular complexity index is 1350. The largest absolute Gasteiger partial charge is 0.465 e. The van der Waals surface area contributed by atoms with E-state index >= 15 is 0 Å². The molecule has 0 saturated heterocycles. The standard InChI is InChI=1S/C26H19ClN2O2/c1-31-26(30)20-8-4-6-18(12-20)16-29-17-22(24-10-2-3-11-25(24)29)13-21(15-28)19-7-5-9-23(27)14-19/h2-14,17H,16H2,1H3/b21-13-. The summed E-state index contributed by atoms with van der Waals surface area (Å²) in [6.45, 7) is 0.582. The second-order valence-electron chi connectivity index (χ2n) is 7.10. The monoisotopic (exact) mass is 426 g/mol. The molecule has 4 rings (SSSR count). The summed E-state index contributed by atoms with van der Waals surface area (Å²) in [5.41, 5.74) is 4.80. The first-order valence-electron chi connectivity index (χ1n) is 9.72. The number of nitrogens with zero attached hydrogens (tertiary/aromatic N) is 2. The lowest BCUT2D eigenvalue weighted by Crippen LogP contribution is -2.03. The van der Waals surface area contributed by atoms with E-state index in [1.807, 2.05) is 66.9 Å². The van der Waals surface area contributed by atoms with Crippen molar-refractivity contribution < 1.29 is 9.53 Å². The molecule has 152 valence electrons. The van der Waals surface area contributed by atoms with Crippen molar-refractivity contribution in [3.63, 3.8) is 0 Å². The molecule has 4 nitrogen and oxygen atoms in total. The number of rotatable bonds is 5. The summed E-state index contributed by atoms with van der Waals surface area (Å²) in [6, 6.07) is 25.0. The second-order valence-corrected chi connectivity index (χ2v) is 7.54. The molecule has 0 aliphatic rings. The highest BCUT2D eigenvalue weighted by Gasteiger charge is 2.11. The highest BCUT2D eigenvalue weighted by atomic mass is 35.5. The van der Waals surface area contributed by atoms with Gasteiger partial charge in [0.15, 0.2) is 0 Å². The number of halogens is 1. The van der Waals surface area contributed by atoms with Gasteiger partial charge in [-0.05, 0) is 47.5 Å². The maximum atomic E-state index is 11.9. The van der Waals surface area contributed by atoms with E-state index in [1.165, 1.54) is 7.11 Å². The van der Waals surface area contributed by atoms with Crippen LogP contribution in [0.15, 0.2) is 79.0 Å². The highest BCUT2D eigenvalue weighted by Crippen LogP contribution is 2.27. The zero-order valence-corrected chi connectivity index (χ0v) is 17.6. The van der Waals surface area contributed by atoms with Crippen LogP contribution in [0.3, 0.4) is 0 Å². The zero-order chi connectivity index (χ0) is 21.8. The Balaban J connectivity index is 1.76. The number of para-hydroxylation sites is 1. The minimum atomic E-state index is -0.358. The Morgan fingerprint density at radius 3 is 2.61 bits per heavy atom. The van der Waals surface area contributed by atoms with Gasteiger partial charge in [-0.3, -0.25) is 0 Å². The van der Waals surface area contributed by atoms with Crippen LogP contribution in [0.4, 0.5) is 0 Å². The molecule has 5 heteroatoms. The van der Waals surface area contributed by atoms with Gasteiger partial charge in [0.1, 0.15) is 0 Å². The molecule has 0 spiro atoms. The van der Waals surface area contributed by atoms with Crippen molar-refractivity contribution in [2.45, 2.75) is 6.54 Å². The molecule has 0 bridgehead atoms. The van der Waals surface area contributed by atoms with Crippen LogP contribution in [-0.4, -0.2) is 17.6 Å². The normalized spacial score (nSPS) is 11.3. The fourth-order valence-electron chi connectivity index (χ4n) is 3.62. The summed E-state index contributed by atoms with van der Waals surface area (Å²) in [7, 11) is 1.37. The Morgan fingerprint density at radius 2 is 1.84 bits per heavy atom. The van der Waals surface area contributed by atoms with Crippen molar-refractivity contribution in [3.8, 4) is 6.07 Å². The molecule has 0 atom stereocenters. The highest BCUT2D eigenvalue weighted by molar-refractivity contribution is 6.30. The van der Waals surface area contributed by atoms with E-state index in [0.29, 0.717) is 22.7 Å². The molecule has 0 unspecified atom stereocenters. The lowest BCUT2D eigenvalue weighted by atomic mass is 10.0. The van der Waals surface area contributed by atoms with Crippen LogP contribution < -0.4 is 0 Å². The number of carbonyl (C=O) groups is 1. The molecule has 4 aromatic rings. The molecule has 0 saturated carbocycles. The Kier molecular flexibility index (Phi) is 5.88. The first-order chi connectivity index (χ1) is 15.1. The Labute approximate surface area is 185 Å². The van der Waals surface area contributed by atoms with Crippen LogP contribution >= 0.6 is 11.6 Å². The number of esters is 1. The summed E-state index contributed by atoms with van der Waals surface area (Å²) in [5, 5.41) is 11.4. The summed E-state index contributed by atoms with van der Waals surface area (Å²) in [5.74, 6) is -0.358. The third kappa shape index (κ3) is 4.37. The van der Waals surface area contributed by atoms with Crippen LogP contribution in [-0.2, 0) is 11.3 Å². The summed E-state index contributed by atoms with van der Waals surface area (Å²) < 4.78 is 6.94. The smallest absolute Gasteiger partial charge is 0.337 e. The molecule has 0 amide bonds. The van der Waals surface area contributed by atoms with Crippen molar-refractivity contribution in [3.05, 3.63) is 106 Å². The number of benzene rings is 3. The fraction of sp³-hybridized carbons (Fsp3) is 0.0769. The zero-order valence-electron chi connectivity index (χ0n) is 16.9. The fourth-order valence-corrected chi connectivity index (χ4v) is 3.81. The predicted molar refractivity (Wildman–Crippen MR) is 124 cm³/mol. The van der Waals surface area contributed by atoms with E-state index in [2.05, 4.69) is 10.6 Å². The van der Waals surface area contributed by atoms with E-state index in [4.69, 9.17) is 16.3 Å². The number of carbonyl (C=O) groups excluding carboxylic acids is 1. The molecular weight excluding hydrogens is 408 g/mol. The third-order valence-electron chi connectivity index (χ3n) is 5.08. The molecule has 0 fully saturated rings. The number of aromatic nitrogens is 1. The Hall–Kier alpha value is -3.81. The van der Waals surface area contributed by atoms with E-state index in [9.17, 15) is 10.1 Å². The van der Waals surface area contributed by atoms with Gasteiger partial charge >= 0.3 is 5.97 Å². The quantitative estimate of drug-likeness (QED) is 0.282. The molecule has 1 heterocycles. The van der Waals surface area contributed by atoms with Crippen LogP contribution in [0.2, 0.25) is 5.02 Å². The lowest BCUT2D eigenvalue weighted by Gasteiger charge is -2.07. The third-order valence-corrected chi connectivity index (χ3v) is 5.31. The number of nitriles is 1. The van der Waals surface area contributed by atoms with E-state index in [1.54, 1.807) is 18.2 Å². The summed E-state index contributed by atoms with van der Waals surface area (Å²) in [6.07, 6.45) is 3.91. The van der Waals surface area contributed by atoms with Crippen LogP contribution in [0.25, 0.3) is 22.6 Å². The van der Waals surface area contributed by atoms with Gasteiger partial charge in [0, 0.05) is 34.2 Å². The van der Waals surface area contributed by atoms with Crippen molar-refractivity contribution in [1.82, 2.24) is 4.57 Å². The van der Waals surface area contributed by atoms with Gasteiger partial charge in [-0.2, -0.15) is 5.26 Å². The van der Waals surface area contributed by atoms with Crippen molar-refractivity contribution >= 4 is 40.1 Å². The van der Waals surface area contributed by atoms with E-state index in [-0.39, 0.29) is 5.97 Å². The lowest BCUT2D eigenvalue weighted by molar-refractivity contribution is 0.0600. The molecular formula is C26H19ClN2O2. The molecule has 0 aliphatic heterocycles. The minimum absolute atomic E-state index is 0.358. The average Bonchev–Trinajstić information content (AvgIpc) is 3.14. The number of methoxy groups -OCH3 is 1. The molecule has 3 aromatic carbocycles. The maximum absolute atomic E-state index is 11.9. The number of fused-ring (bicyclic) bond motifs is 1. The van der Waals surface area contributed by atoms with Crippen LogP contribution in [0, 0.1) is 11.3 Å². The molecule has 0 aliphatic carbocycles. The van der Waals surface area contributed by atoms with Gasteiger partial charge in [-0.15, -0.1) is 0 Å². The SMILES string of the molecule is COC(=O)c1cccc(Cn2cc(/C=C(/C#N)c3cccc(Cl)c3)c3ccccc32)c1. The first kappa shape index (κ1) is 20.5. The van der Waals surface area contributed by atoms with Gasteiger partial charge in [0.25, 0.3) is 0 Å². The van der Waals surface area contributed by atoms with Crippen molar-refractivity contribution in [2.75, 3.05) is 7.11 Å². The summed E-state index contributed by atoms with van der Waals surface area (Å²) >= 11 is 6.11. The van der Waals surface area contributed by atoms with E-state index in [0.717, 1.165) is 27.6 Å². The minimum Gasteiger partial charge on any atom is -0.465 e. The number of hydrogen-bond donors (Lipinski definition) is 0. The van der Waals surface area contributed by atoms with E-state index < -0.39 is 0 Å². The van der Waals surface area contributed by atoms with Crippen molar-refractivity contribution in [2.24, 2.45) is 0 Å². The molecule has 31 heavy (non-hydrogen) atoms. The number of hydrogen-bond acceptors (Lipinski definition) is 3. The van der Waals surface area contributed by atoms with Gasteiger partial charge < -0.3 is 9.30 Å². The van der Waals surface area contributed by atoms with Crippen LogP contribution in [0.5, 0.6) is 0 Å². The maximum Gasteiger partial charge on any atom is 0.337 e. The number of allylic oxidation sites excluding steroid dienone is 1. The Morgan fingerprint density at radius 1 is 1.06 bits per heavy atom. The average molecular weight is 427 g/mol. The first-order valence-corrected chi connectivity index (χ1v) is 10.1. The molecule has 0 radical (unpaired) electrons. The topological polar surface area (TPSA) is 55.0 Å². The molecule has 1 aromatic heterocycles. The van der Waals surface area contributed by atoms with Crippen molar-refractivity contribution in [1.29, 1.82) is 5.26 Å². The van der Waals surface area contributed by atoms with Crippen LogP contribution in [0.1, 0.15) is 27.0 Å². The number of ether oxygens (including phenoxy) is 1.